The zero-order valence-electron chi connectivity index (χ0n) is 11.0. The molecule has 0 saturated heterocycles. The van der Waals surface area contributed by atoms with E-state index in [0.29, 0.717) is 12.2 Å². The van der Waals surface area contributed by atoms with Crippen LogP contribution in [-0.4, -0.2) is 21.5 Å². The van der Waals surface area contributed by atoms with Gasteiger partial charge >= 0.3 is 6.03 Å². The van der Waals surface area contributed by atoms with E-state index in [1.807, 2.05) is 12.1 Å². The van der Waals surface area contributed by atoms with Crippen LogP contribution in [0.2, 0.25) is 0 Å². The first-order valence-electron chi connectivity index (χ1n) is 6.02. The number of anilines is 1. The largest absolute Gasteiger partial charge is 0.334 e. The standard InChI is InChI=1S/C14H15N3O2S/c1-20(19)13-6-4-12(5-7-13)17-14(18)16-10-11-3-2-8-15-9-11/h2-9H,10H2,1H3,(H2,16,17,18). The van der Waals surface area contributed by atoms with Crippen LogP contribution in [0.25, 0.3) is 0 Å². The average Bonchev–Trinajstić information content (AvgIpc) is 2.47. The molecule has 6 heteroatoms. The highest BCUT2D eigenvalue weighted by atomic mass is 32.2. The Kier molecular flexibility index (Phi) is 4.84. The number of benzene rings is 1. The maximum absolute atomic E-state index is 11.7. The molecule has 1 aromatic carbocycles. The van der Waals surface area contributed by atoms with E-state index in [9.17, 15) is 9.00 Å². The molecule has 20 heavy (non-hydrogen) atoms. The third kappa shape index (κ3) is 4.17. The quantitative estimate of drug-likeness (QED) is 0.906. The summed E-state index contributed by atoms with van der Waals surface area (Å²) in [6.07, 6.45) is 5.00. The number of urea groups is 1. The first kappa shape index (κ1) is 14.2. The van der Waals surface area contributed by atoms with Gasteiger partial charge in [0, 0.05) is 46.6 Å². The Morgan fingerprint density at radius 3 is 2.60 bits per heavy atom. The van der Waals surface area contributed by atoms with Gasteiger partial charge in [-0.2, -0.15) is 0 Å². The van der Waals surface area contributed by atoms with Crippen molar-refractivity contribution in [3.05, 3.63) is 54.4 Å². The highest BCUT2D eigenvalue weighted by Crippen LogP contribution is 2.11. The van der Waals surface area contributed by atoms with Gasteiger partial charge in [-0.15, -0.1) is 0 Å². The third-order valence-corrected chi connectivity index (χ3v) is 3.56. The van der Waals surface area contributed by atoms with Gasteiger partial charge in [0.05, 0.1) is 0 Å². The molecule has 1 aromatic heterocycles. The van der Waals surface area contributed by atoms with E-state index in [0.717, 1.165) is 10.5 Å². The molecule has 2 amide bonds. The summed E-state index contributed by atoms with van der Waals surface area (Å²) >= 11 is 0. The molecule has 1 heterocycles. The number of nitrogens with one attached hydrogen (secondary N) is 2. The van der Waals surface area contributed by atoms with Crippen LogP contribution in [0.5, 0.6) is 0 Å². The highest BCUT2D eigenvalue weighted by Gasteiger charge is 2.02. The van der Waals surface area contributed by atoms with E-state index in [2.05, 4.69) is 15.6 Å². The maximum atomic E-state index is 11.7. The minimum atomic E-state index is -1.01. The molecule has 1 atom stereocenters. The van der Waals surface area contributed by atoms with Crippen LogP contribution in [-0.2, 0) is 17.3 Å². The molecule has 0 spiro atoms. The van der Waals surface area contributed by atoms with Crippen molar-refractivity contribution in [1.82, 2.24) is 10.3 Å². The van der Waals surface area contributed by atoms with E-state index in [1.165, 1.54) is 0 Å². The summed E-state index contributed by atoms with van der Waals surface area (Å²) in [5, 5.41) is 5.44. The molecule has 0 radical (unpaired) electrons. The summed E-state index contributed by atoms with van der Waals surface area (Å²) in [6.45, 7) is 0.413. The van der Waals surface area contributed by atoms with E-state index < -0.39 is 10.8 Å². The van der Waals surface area contributed by atoms with Crippen LogP contribution in [0.15, 0.2) is 53.7 Å². The van der Waals surface area contributed by atoms with Crippen molar-refractivity contribution in [2.45, 2.75) is 11.4 Å². The molecule has 1 unspecified atom stereocenters. The molecule has 2 rings (SSSR count). The van der Waals surface area contributed by atoms with Gasteiger partial charge in [0.25, 0.3) is 0 Å². The minimum Gasteiger partial charge on any atom is -0.334 e. The fraction of sp³-hybridized carbons (Fsp3) is 0.143. The summed E-state index contributed by atoms with van der Waals surface area (Å²) in [7, 11) is -1.01. The van der Waals surface area contributed by atoms with Crippen molar-refractivity contribution in [3.8, 4) is 0 Å². The topological polar surface area (TPSA) is 71.1 Å². The van der Waals surface area contributed by atoms with Gasteiger partial charge in [-0.25, -0.2) is 4.79 Å². The van der Waals surface area contributed by atoms with Gasteiger partial charge in [-0.1, -0.05) is 6.07 Å². The molecule has 2 aromatic rings. The lowest BCUT2D eigenvalue weighted by Gasteiger charge is -2.07. The molecule has 5 nitrogen and oxygen atoms in total. The van der Waals surface area contributed by atoms with Gasteiger partial charge < -0.3 is 10.6 Å². The predicted molar refractivity (Wildman–Crippen MR) is 78.9 cm³/mol. The number of hydrogen-bond acceptors (Lipinski definition) is 3. The molecule has 0 fully saturated rings. The van der Waals surface area contributed by atoms with E-state index in [-0.39, 0.29) is 6.03 Å². The Labute approximate surface area is 119 Å². The van der Waals surface area contributed by atoms with Crippen molar-refractivity contribution >= 4 is 22.5 Å². The van der Waals surface area contributed by atoms with Crippen LogP contribution in [0, 0.1) is 0 Å². The Morgan fingerprint density at radius 1 is 1.25 bits per heavy atom. The number of carbonyl (C=O) groups excluding carboxylic acids is 1. The van der Waals surface area contributed by atoms with Gasteiger partial charge in [-0.05, 0) is 35.9 Å². The Bertz CT molecular complexity index is 600. The van der Waals surface area contributed by atoms with Crippen molar-refractivity contribution in [3.63, 3.8) is 0 Å². The monoisotopic (exact) mass is 289 g/mol. The SMILES string of the molecule is CS(=O)c1ccc(NC(=O)NCc2cccnc2)cc1. The molecule has 104 valence electrons. The minimum absolute atomic E-state index is 0.292. The Balaban J connectivity index is 1.86. The summed E-state index contributed by atoms with van der Waals surface area (Å²) in [5.74, 6) is 0. The number of hydrogen-bond donors (Lipinski definition) is 2. The zero-order chi connectivity index (χ0) is 14.4. The van der Waals surface area contributed by atoms with Gasteiger partial charge in [0.2, 0.25) is 0 Å². The van der Waals surface area contributed by atoms with Crippen LogP contribution >= 0.6 is 0 Å². The number of aromatic nitrogens is 1. The predicted octanol–water partition coefficient (Wildman–Crippen LogP) is 2.14. The first-order chi connectivity index (χ1) is 9.65. The fourth-order valence-electron chi connectivity index (χ4n) is 1.59. The first-order valence-corrected chi connectivity index (χ1v) is 7.58. The van der Waals surface area contributed by atoms with E-state index >= 15 is 0 Å². The summed E-state index contributed by atoms with van der Waals surface area (Å²) < 4.78 is 11.2. The Morgan fingerprint density at radius 2 is 2.00 bits per heavy atom. The second kappa shape index (κ2) is 6.81. The van der Waals surface area contributed by atoms with E-state index in [1.54, 1.807) is 42.9 Å². The zero-order valence-corrected chi connectivity index (χ0v) is 11.8. The second-order valence-corrected chi connectivity index (χ2v) is 5.53. The average molecular weight is 289 g/mol. The lowest BCUT2D eigenvalue weighted by molar-refractivity contribution is 0.251. The molecule has 2 N–H and O–H groups in total. The summed E-state index contributed by atoms with van der Waals surface area (Å²) in [5.41, 5.74) is 1.59. The van der Waals surface area contributed by atoms with Crippen LogP contribution in [0.1, 0.15) is 5.56 Å². The van der Waals surface area contributed by atoms with E-state index in [4.69, 9.17) is 0 Å². The molecule has 0 saturated carbocycles. The molecule has 0 aliphatic rings. The smallest absolute Gasteiger partial charge is 0.319 e. The fourth-order valence-corrected chi connectivity index (χ4v) is 2.11. The normalized spacial score (nSPS) is 11.7. The number of pyridine rings is 1. The second-order valence-electron chi connectivity index (χ2n) is 4.15. The number of carbonyl (C=O) groups is 1. The molecule has 0 aliphatic heterocycles. The number of nitrogens with zero attached hydrogens (tertiary/aromatic N) is 1. The van der Waals surface area contributed by atoms with Gasteiger partial charge in [0.15, 0.2) is 0 Å². The van der Waals surface area contributed by atoms with Crippen molar-refractivity contribution in [2.75, 3.05) is 11.6 Å². The van der Waals surface area contributed by atoms with Crippen molar-refractivity contribution in [2.24, 2.45) is 0 Å². The highest BCUT2D eigenvalue weighted by molar-refractivity contribution is 7.84. The van der Waals surface area contributed by atoms with Crippen LogP contribution in [0.3, 0.4) is 0 Å². The molecule has 0 aliphatic carbocycles. The summed E-state index contributed by atoms with van der Waals surface area (Å²) in [4.78, 5) is 16.4. The van der Waals surface area contributed by atoms with Crippen molar-refractivity contribution in [1.29, 1.82) is 0 Å². The van der Waals surface area contributed by atoms with Gasteiger partial charge in [0.1, 0.15) is 0 Å². The number of rotatable bonds is 4. The lowest BCUT2D eigenvalue weighted by atomic mass is 10.3. The Hall–Kier alpha value is -2.21. The third-order valence-electron chi connectivity index (χ3n) is 2.62. The van der Waals surface area contributed by atoms with Crippen LogP contribution in [0.4, 0.5) is 10.5 Å². The molecule has 0 bridgehead atoms. The lowest BCUT2D eigenvalue weighted by Crippen LogP contribution is -2.28. The maximum Gasteiger partial charge on any atom is 0.319 e. The molecular formula is C14H15N3O2S. The molecular weight excluding hydrogens is 274 g/mol. The summed E-state index contributed by atoms with van der Waals surface area (Å²) in [6, 6.07) is 10.3. The van der Waals surface area contributed by atoms with Crippen molar-refractivity contribution < 1.29 is 9.00 Å². The number of amides is 2. The van der Waals surface area contributed by atoms with Gasteiger partial charge in [-0.3, -0.25) is 9.19 Å². The van der Waals surface area contributed by atoms with Crippen LogP contribution < -0.4 is 10.6 Å².